The van der Waals surface area contributed by atoms with Gasteiger partial charge in [0.15, 0.2) is 5.82 Å². The van der Waals surface area contributed by atoms with Crippen molar-refractivity contribution < 1.29 is 9.32 Å². The molecular weight excluding hydrogens is 476 g/mol. The van der Waals surface area contributed by atoms with Crippen LogP contribution in [0.3, 0.4) is 0 Å². The van der Waals surface area contributed by atoms with Gasteiger partial charge in [0, 0.05) is 21.7 Å². The smallest absolute Gasteiger partial charge is 0.236 e. The van der Waals surface area contributed by atoms with Gasteiger partial charge < -0.3 is 9.84 Å². The van der Waals surface area contributed by atoms with Crippen LogP contribution in [0.5, 0.6) is 0 Å². The molecule has 0 saturated heterocycles. The molecule has 1 atom stereocenters. The number of aromatic nitrogens is 3. The van der Waals surface area contributed by atoms with E-state index in [9.17, 15) is 4.79 Å². The summed E-state index contributed by atoms with van der Waals surface area (Å²) in [6.45, 7) is 4.17. The molecule has 1 N–H and O–H groups in total. The van der Waals surface area contributed by atoms with Crippen LogP contribution >= 0.6 is 23.1 Å². The first-order chi connectivity index (χ1) is 16.9. The van der Waals surface area contributed by atoms with E-state index in [0.29, 0.717) is 17.3 Å². The summed E-state index contributed by atoms with van der Waals surface area (Å²) in [5.41, 5.74) is 1.59. The minimum absolute atomic E-state index is 0.0795. The van der Waals surface area contributed by atoms with Crippen molar-refractivity contribution >= 4 is 45.0 Å². The molecule has 0 aromatic carbocycles. The molecular formula is C27H32N4O2S2. The maximum absolute atomic E-state index is 12.8. The van der Waals surface area contributed by atoms with Crippen LogP contribution in [-0.4, -0.2) is 26.8 Å². The second kappa shape index (κ2) is 8.30. The van der Waals surface area contributed by atoms with Gasteiger partial charge in [-0.15, -0.1) is 11.3 Å². The van der Waals surface area contributed by atoms with Gasteiger partial charge in [0.25, 0.3) is 0 Å². The molecule has 35 heavy (non-hydrogen) atoms. The van der Waals surface area contributed by atoms with Crippen LogP contribution in [0.15, 0.2) is 15.6 Å². The Morgan fingerprint density at radius 1 is 1.20 bits per heavy atom. The zero-order chi connectivity index (χ0) is 23.7. The molecule has 8 rings (SSSR count). The fourth-order valence-corrected chi connectivity index (χ4v) is 10.1. The van der Waals surface area contributed by atoms with Crippen molar-refractivity contribution in [2.45, 2.75) is 82.1 Å². The van der Waals surface area contributed by atoms with E-state index in [1.54, 1.807) is 17.8 Å². The first kappa shape index (κ1) is 22.3. The largest absolute Gasteiger partial charge is 0.360 e. The lowest BCUT2D eigenvalue weighted by Gasteiger charge is -2.56. The maximum atomic E-state index is 12.8. The molecule has 1 amide bonds. The number of amides is 1. The van der Waals surface area contributed by atoms with Gasteiger partial charge in [-0.25, -0.2) is 9.97 Å². The average Bonchev–Trinajstić information content (AvgIpc) is 3.38. The third-order valence-corrected chi connectivity index (χ3v) is 11.0. The number of fused-ring (bicyclic) bond motifs is 3. The Labute approximate surface area is 214 Å². The Balaban J connectivity index is 1.25. The summed E-state index contributed by atoms with van der Waals surface area (Å²) >= 11 is 3.45. The molecule has 0 unspecified atom stereocenters. The van der Waals surface area contributed by atoms with E-state index >= 15 is 0 Å². The summed E-state index contributed by atoms with van der Waals surface area (Å²) in [6.07, 6.45) is 11.4. The zero-order valence-electron chi connectivity index (χ0n) is 20.4. The number of aryl methyl sites for hydroxylation is 2. The van der Waals surface area contributed by atoms with Gasteiger partial charge in [-0.2, -0.15) is 0 Å². The molecule has 0 radical (unpaired) electrons. The van der Waals surface area contributed by atoms with Gasteiger partial charge in [-0.3, -0.25) is 4.79 Å². The number of hydrogen-bond donors (Lipinski definition) is 1. The molecule has 184 valence electrons. The normalized spacial score (nSPS) is 31.1. The molecule has 4 bridgehead atoms. The molecule has 3 aromatic heterocycles. The van der Waals surface area contributed by atoms with Crippen molar-refractivity contribution in [3.05, 3.63) is 28.1 Å². The number of nitrogens with one attached hydrogen (secondary N) is 1. The lowest BCUT2D eigenvalue weighted by atomic mass is 9.49. The van der Waals surface area contributed by atoms with Crippen LogP contribution < -0.4 is 5.32 Å². The van der Waals surface area contributed by atoms with Crippen molar-refractivity contribution in [1.29, 1.82) is 0 Å². The van der Waals surface area contributed by atoms with Crippen molar-refractivity contribution in [2.75, 3.05) is 11.1 Å². The van der Waals surface area contributed by atoms with Crippen molar-refractivity contribution in [2.24, 2.45) is 23.7 Å². The topological polar surface area (TPSA) is 80.9 Å². The minimum Gasteiger partial charge on any atom is -0.360 e. The summed E-state index contributed by atoms with van der Waals surface area (Å²) in [7, 11) is 0. The number of anilines is 1. The molecule has 0 aliphatic heterocycles. The van der Waals surface area contributed by atoms with Crippen LogP contribution in [0.4, 0.5) is 5.82 Å². The lowest BCUT2D eigenvalue weighted by molar-refractivity contribution is -0.113. The third kappa shape index (κ3) is 3.91. The van der Waals surface area contributed by atoms with Gasteiger partial charge in [0.1, 0.15) is 21.4 Å². The molecule has 3 heterocycles. The standard InChI is InChI=1S/C27H32N4O2S2/c1-14-3-4-19-20(5-14)35-25-23(19)24(34-13-22(32)28-21-6-15(2)33-31-21)29-26(30-25)27-10-16-7-17(11-27)9-18(8-16)12-27/h6,14,16-18H,3-5,7-13H2,1-2H3,(H,28,31,32)/t14-,16?,17?,18?,27?/m1/s1. The minimum atomic E-state index is -0.0795. The summed E-state index contributed by atoms with van der Waals surface area (Å²) in [5.74, 6) is 5.73. The molecule has 5 aliphatic rings. The molecule has 5 aliphatic carbocycles. The average molecular weight is 509 g/mol. The van der Waals surface area contributed by atoms with Gasteiger partial charge in [0.2, 0.25) is 5.91 Å². The Morgan fingerprint density at radius 3 is 2.63 bits per heavy atom. The Morgan fingerprint density at radius 2 is 1.94 bits per heavy atom. The number of nitrogens with zero attached hydrogens (tertiary/aromatic N) is 3. The van der Waals surface area contributed by atoms with Gasteiger partial charge in [-0.1, -0.05) is 23.8 Å². The number of rotatable bonds is 5. The molecule has 3 aromatic rings. The predicted molar refractivity (Wildman–Crippen MR) is 139 cm³/mol. The molecule has 8 heteroatoms. The van der Waals surface area contributed by atoms with Crippen LogP contribution in [0.25, 0.3) is 10.2 Å². The zero-order valence-corrected chi connectivity index (χ0v) is 22.1. The third-order valence-electron chi connectivity index (χ3n) is 8.87. The highest BCUT2D eigenvalue weighted by Gasteiger charge is 2.53. The highest BCUT2D eigenvalue weighted by Crippen LogP contribution is 2.60. The van der Waals surface area contributed by atoms with Crippen molar-refractivity contribution in [3.8, 4) is 0 Å². The highest BCUT2D eigenvalue weighted by molar-refractivity contribution is 8.00. The Kier molecular flexibility index (Phi) is 5.28. The van der Waals surface area contributed by atoms with Crippen LogP contribution in [0.2, 0.25) is 0 Å². The quantitative estimate of drug-likeness (QED) is 0.321. The highest BCUT2D eigenvalue weighted by atomic mass is 32.2. The van der Waals surface area contributed by atoms with Crippen LogP contribution in [0, 0.1) is 30.6 Å². The predicted octanol–water partition coefficient (Wildman–Crippen LogP) is 6.31. The number of carbonyl (C=O) groups is 1. The number of hydrogen-bond acceptors (Lipinski definition) is 7. The van der Waals surface area contributed by atoms with Gasteiger partial charge in [-0.05, 0) is 93.9 Å². The van der Waals surface area contributed by atoms with Crippen LogP contribution in [0.1, 0.15) is 73.9 Å². The SMILES string of the molecule is Cc1cc(NC(=O)CSc2nc(C34CC5CC(CC(C5)C3)C4)nc3sc4c(c23)CC[C@@H](C)C4)no1. The van der Waals surface area contributed by atoms with E-state index in [4.69, 9.17) is 14.5 Å². The molecule has 6 nitrogen and oxygen atoms in total. The van der Waals surface area contributed by atoms with E-state index < -0.39 is 0 Å². The van der Waals surface area contributed by atoms with Gasteiger partial charge in [0.05, 0.1) is 5.75 Å². The summed E-state index contributed by atoms with van der Waals surface area (Å²) < 4.78 is 5.09. The van der Waals surface area contributed by atoms with E-state index in [0.717, 1.165) is 52.2 Å². The lowest BCUT2D eigenvalue weighted by Crippen LogP contribution is -2.49. The second-order valence-electron chi connectivity index (χ2n) is 11.7. The fourth-order valence-electron chi connectivity index (χ4n) is 7.77. The Hall–Kier alpha value is -1.93. The maximum Gasteiger partial charge on any atom is 0.236 e. The summed E-state index contributed by atoms with van der Waals surface area (Å²) in [6, 6.07) is 1.74. The monoisotopic (exact) mass is 508 g/mol. The van der Waals surface area contributed by atoms with E-state index in [2.05, 4.69) is 17.4 Å². The second-order valence-corrected chi connectivity index (χ2v) is 13.8. The first-order valence-electron chi connectivity index (χ1n) is 13.1. The molecule has 4 fully saturated rings. The van der Waals surface area contributed by atoms with Crippen molar-refractivity contribution in [1.82, 2.24) is 15.1 Å². The number of thiophene rings is 1. The van der Waals surface area contributed by atoms with Gasteiger partial charge >= 0.3 is 0 Å². The molecule has 4 saturated carbocycles. The summed E-state index contributed by atoms with van der Waals surface area (Å²) in [4.78, 5) is 26.0. The number of thioether (sulfide) groups is 1. The Bertz CT molecular complexity index is 1280. The first-order valence-corrected chi connectivity index (χ1v) is 14.9. The summed E-state index contributed by atoms with van der Waals surface area (Å²) in [5, 5.41) is 8.99. The van der Waals surface area contributed by atoms with Crippen molar-refractivity contribution in [3.63, 3.8) is 0 Å². The van der Waals surface area contributed by atoms with E-state index in [-0.39, 0.29) is 11.3 Å². The van der Waals surface area contributed by atoms with E-state index in [1.807, 2.05) is 18.3 Å². The molecule has 0 spiro atoms. The van der Waals surface area contributed by atoms with E-state index in [1.165, 1.54) is 60.8 Å². The fraction of sp³-hybridized carbons (Fsp3) is 0.630. The number of carbonyl (C=O) groups excluding carboxylic acids is 1. The van der Waals surface area contributed by atoms with Crippen LogP contribution in [-0.2, 0) is 23.1 Å².